The van der Waals surface area contributed by atoms with Gasteiger partial charge >= 0.3 is 0 Å². The summed E-state index contributed by atoms with van der Waals surface area (Å²) in [5.74, 6) is 0.288. The van der Waals surface area contributed by atoms with Crippen LogP contribution in [0.3, 0.4) is 0 Å². The number of methoxy groups -OCH3 is 2. The highest BCUT2D eigenvalue weighted by Gasteiger charge is 2.07. The van der Waals surface area contributed by atoms with Crippen molar-refractivity contribution < 1.29 is 9.47 Å². The van der Waals surface area contributed by atoms with Crippen molar-refractivity contribution >= 4 is 5.82 Å². The van der Waals surface area contributed by atoms with E-state index in [4.69, 9.17) is 9.47 Å². The lowest BCUT2D eigenvalue weighted by Gasteiger charge is -2.14. The maximum absolute atomic E-state index is 11.2. The Balaban J connectivity index is 2.49. The van der Waals surface area contributed by atoms with Crippen LogP contribution in [-0.2, 0) is 9.47 Å². The second-order valence-corrected chi connectivity index (χ2v) is 2.96. The van der Waals surface area contributed by atoms with Gasteiger partial charge in [0.2, 0.25) is 0 Å². The van der Waals surface area contributed by atoms with E-state index in [0.717, 1.165) is 0 Å². The van der Waals surface area contributed by atoms with Crippen molar-refractivity contribution in [2.75, 3.05) is 32.7 Å². The highest BCUT2D eigenvalue weighted by molar-refractivity contribution is 5.29. The predicted octanol–water partition coefficient (Wildman–Crippen LogP) is -0.157. The maximum atomic E-state index is 11.2. The van der Waals surface area contributed by atoms with E-state index in [-0.39, 0.29) is 17.5 Å². The Morgan fingerprint density at radius 2 is 2.40 bits per heavy atom. The third kappa shape index (κ3) is 3.69. The Morgan fingerprint density at radius 1 is 1.60 bits per heavy atom. The molecule has 0 spiro atoms. The normalized spacial score (nSPS) is 12.4. The third-order valence-electron chi connectivity index (χ3n) is 1.89. The standard InChI is InChI=1S/C9H15N3O3/c1-14-6-7(15-2)5-12-8-9(13)11-4-3-10-8/h3-4,7H,5-6H2,1-2H3,(H,10,12)(H,11,13). The van der Waals surface area contributed by atoms with Gasteiger partial charge in [-0.3, -0.25) is 4.79 Å². The summed E-state index contributed by atoms with van der Waals surface area (Å²) in [6, 6.07) is 0. The molecule has 15 heavy (non-hydrogen) atoms. The minimum atomic E-state index is -0.246. The summed E-state index contributed by atoms with van der Waals surface area (Å²) in [6.07, 6.45) is 2.90. The fourth-order valence-electron chi connectivity index (χ4n) is 1.08. The van der Waals surface area contributed by atoms with Gasteiger partial charge in [0.05, 0.1) is 12.7 Å². The van der Waals surface area contributed by atoms with Crippen molar-refractivity contribution in [1.29, 1.82) is 0 Å². The van der Waals surface area contributed by atoms with Gasteiger partial charge in [-0.05, 0) is 0 Å². The summed E-state index contributed by atoms with van der Waals surface area (Å²) in [4.78, 5) is 17.6. The number of aromatic nitrogens is 2. The number of H-pyrrole nitrogens is 1. The number of ether oxygens (including phenoxy) is 2. The molecule has 1 atom stereocenters. The molecule has 1 rings (SSSR count). The van der Waals surface area contributed by atoms with Gasteiger partial charge in [0, 0.05) is 33.2 Å². The zero-order chi connectivity index (χ0) is 11.1. The van der Waals surface area contributed by atoms with Gasteiger partial charge in [0.15, 0.2) is 5.82 Å². The quantitative estimate of drug-likeness (QED) is 0.687. The molecule has 84 valence electrons. The predicted molar refractivity (Wildman–Crippen MR) is 56.0 cm³/mol. The van der Waals surface area contributed by atoms with Crippen LogP contribution < -0.4 is 10.9 Å². The second kappa shape index (κ2) is 6.15. The van der Waals surface area contributed by atoms with E-state index < -0.39 is 0 Å². The van der Waals surface area contributed by atoms with Gasteiger partial charge < -0.3 is 19.8 Å². The summed E-state index contributed by atoms with van der Waals surface area (Å²) >= 11 is 0. The van der Waals surface area contributed by atoms with E-state index in [2.05, 4.69) is 15.3 Å². The van der Waals surface area contributed by atoms with Crippen LogP contribution in [0, 0.1) is 0 Å². The Labute approximate surface area is 87.6 Å². The number of nitrogens with one attached hydrogen (secondary N) is 2. The fraction of sp³-hybridized carbons (Fsp3) is 0.556. The van der Waals surface area contributed by atoms with Gasteiger partial charge in [-0.25, -0.2) is 4.98 Å². The smallest absolute Gasteiger partial charge is 0.290 e. The minimum absolute atomic E-state index is 0.101. The molecule has 1 aromatic rings. The van der Waals surface area contributed by atoms with Crippen LogP contribution in [0.4, 0.5) is 5.82 Å². The van der Waals surface area contributed by atoms with E-state index in [1.54, 1.807) is 14.2 Å². The van der Waals surface area contributed by atoms with Gasteiger partial charge in [-0.15, -0.1) is 0 Å². The van der Waals surface area contributed by atoms with Crippen molar-refractivity contribution in [1.82, 2.24) is 9.97 Å². The number of rotatable bonds is 6. The molecule has 6 nitrogen and oxygen atoms in total. The van der Waals surface area contributed by atoms with Gasteiger partial charge in [-0.2, -0.15) is 0 Å². The summed E-state index contributed by atoms with van der Waals surface area (Å²) in [7, 11) is 3.19. The zero-order valence-corrected chi connectivity index (χ0v) is 8.82. The second-order valence-electron chi connectivity index (χ2n) is 2.96. The Kier molecular flexibility index (Phi) is 4.79. The number of anilines is 1. The summed E-state index contributed by atoms with van der Waals surface area (Å²) in [5, 5.41) is 2.89. The van der Waals surface area contributed by atoms with Crippen LogP contribution >= 0.6 is 0 Å². The van der Waals surface area contributed by atoms with E-state index in [1.807, 2.05) is 0 Å². The maximum Gasteiger partial charge on any atom is 0.290 e. The molecule has 2 N–H and O–H groups in total. The fourth-order valence-corrected chi connectivity index (χ4v) is 1.08. The van der Waals surface area contributed by atoms with Crippen LogP contribution in [0.5, 0.6) is 0 Å². The van der Waals surface area contributed by atoms with Gasteiger partial charge in [0.1, 0.15) is 0 Å². The molecular weight excluding hydrogens is 198 g/mol. The van der Waals surface area contributed by atoms with Gasteiger partial charge in [-0.1, -0.05) is 0 Å². The van der Waals surface area contributed by atoms with E-state index in [1.165, 1.54) is 12.4 Å². The Bertz CT molecular complexity index is 339. The van der Waals surface area contributed by atoms with Crippen molar-refractivity contribution in [2.45, 2.75) is 6.10 Å². The first-order valence-electron chi connectivity index (χ1n) is 4.57. The number of hydrogen-bond donors (Lipinski definition) is 2. The van der Waals surface area contributed by atoms with Crippen LogP contribution in [0.2, 0.25) is 0 Å². The molecule has 6 heteroatoms. The molecule has 1 aromatic heterocycles. The first-order chi connectivity index (χ1) is 7.27. The molecule has 0 amide bonds. The molecule has 0 aliphatic carbocycles. The molecule has 0 radical (unpaired) electrons. The highest BCUT2D eigenvalue weighted by atomic mass is 16.5. The van der Waals surface area contributed by atoms with E-state index in [9.17, 15) is 4.79 Å². The number of hydrogen-bond acceptors (Lipinski definition) is 5. The zero-order valence-electron chi connectivity index (χ0n) is 8.82. The van der Waals surface area contributed by atoms with Gasteiger partial charge in [0.25, 0.3) is 5.56 Å². The molecule has 0 aromatic carbocycles. The lowest BCUT2D eigenvalue weighted by atomic mass is 10.3. The molecule has 0 saturated carbocycles. The average Bonchev–Trinajstić information content (AvgIpc) is 2.26. The molecular formula is C9H15N3O3. The lowest BCUT2D eigenvalue weighted by Crippen LogP contribution is -2.29. The summed E-state index contributed by atoms with van der Waals surface area (Å²) < 4.78 is 10.1. The number of nitrogens with zero attached hydrogens (tertiary/aromatic N) is 1. The van der Waals surface area contributed by atoms with Crippen molar-refractivity contribution in [2.24, 2.45) is 0 Å². The summed E-state index contributed by atoms with van der Waals surface area (Å²) in [6.45, 7) is 0.943. The third-order valence-corrected chi connectivity index (χ3v) is 1.89. The van der Waals surface area contributed by atoms with Crippen LogP contribution in [0.25, 0.3) is 0 Å². The average molecular weight is 213 g/mol. The topological polar surface area (TPSA) is 76.2 Å². The highest BCUT2D eigenvalue weighted by Crippen LogP contribution is 1.94. The van der Waals surface area contributed by atoms with Crippen LogP contribution in [0.15, 0.2) is 17.2 Å². The molecule has 1 heterocycles. The monoisotopic (exact) mass is 213 g/mol. The molecule has 0 aliphatic heterocycles. The largest absolute Gasteiger partial charge is 0.382 e. The first-order valence-corrected chi connectivity index (χ1v) is 4.57. The van der Waals surface area contributed by atoms with Crippen molar-refractivity contribution in [3.8, 4) is 0 Å². The molecule has 0 aliphatic rings. The van der Waals surface area contributed by atoms with Crippen LogP contribution in [0.1, 0.15) is 0 Å². The SMILES string of the molecule is COCC(CNc1ncc[nH]c1=O)OC. The summed E-state index contributed by atoms with van der Waals surface area (Å²) in [5.41, 5.74) is -0.246. The van der Waals surface area contributed by atoms with E-state index in [0.29, 0.717) is 13.2 Å². The molecule has 0 saturated heterocycles. The Hall–Kier alpha value is -1.40. The first kappa shape index (κ1) is 11.7. The number of aromatic amines is 1. The Morgan fingerprint density at radius 3 is 3.00 bits per heavy atom. The lowest BCUT2D eigenvalue weighted by molar-refractivity contribution is 0.0365. The van der Waals surface area contributed by atoms with E-state index >= 15 is 0 Å². The van der Waals surface area contributed by atoms with Crippen molar-refractivity contribution in [3.63, 3.8) is 0 Å². The molecule has 1 unspecified atom stereocenters. The van der Waals surface area contributed by atoms with Crippen molar-refractivity contribution in [3.05, 3.63) is 22.7 Å². The molecule has 0 bridgehead atoms. The minimum Gasteiger partial charge on any atom is -0.382 e. The molecule has 0 fully saturated rings. The van der Waals surface area contributed by atoms with Crippen LogP contribution in [-0.4, -0.2) is 43.4 Å².